The van der Waals surface area contributed by atoms with Gasteiger partial charge in [-0.15, -0.1) is 0 Å². The van der Waals surface area contributed by atoms with Gasteiger partial charge in [-0.25, -0.2) is 0 Å². The first-order chi connectivity index (χ1) is 8.13. The van der Waals surface area contributed by atoms with E-state index in [1.165, 1.54) is 37.1 Å². The summed E-state index contributed by atoms with van der Waals surface area (Å²) in [5, 5.41) is 3.44. The van der Waals surface area contributed by atoms with Crippen molar-refractivity contribution in [2.75, 3.05) is 20.1 Å². The van der Waals surface area contributed by atoms with Crippen LogP contribution < -0.4 is 5.32 Å². The molecule has 0 aromatic carbocycles. The molecular weight excluding hydrogens is 210 g/mol. The predicted molar refractivity (Wildman–Crippen MR) is 70.9 cm³/mol. The third-order valence-corrected chi connectivity index (χ3v) is 4.10. The summed E-state index contributed by atoms with van der Waals surface area (Å²) in [4.78, 5) is 6.75. The van der Waals surface area contributed by atoms with Crippen LogP contribution in [0.1, 0.15) is 30.9 Å². The van der Waals surface area contributed by atoms with Gasteiger partial charge in [-0.05, 0) is 50.9 Å². The zero-order valence-electron chi connectivity index (χ0n) is 11.2. The van der Waals surface area contributed by atoms with Gasteiger partial charge in [-0.2, -0.15) is 0 Å². The fourth-order valence-corrected chi connectivity index (χ4v) is 2.36. The minimum Gasteiger partial charge on any atom is -0.314 e. The zero-order valence-corrected chi connectivity index (χ0v) is 11.2. The topological polar surface area (TPSA) is 28.2 Å². The van der Waals surface area contributed by atoms with Crippen LogP contribution in [0, 0.1) is 6.92 Å². The van der Waals surface area contributed by atoms with Crippen LogP contribution in [0.3, 0.4) is 0 Å². The van der Waals surface area contributed by atoms with Crippen LogP contribution in [0.15, 0.2) is 18.5 Å². The zero-order chi connectivity index (χ0) is 12.3. The molecule has 1 aliphatic rings. The van der Waals surface area contributed by atoms with Crippen molar-refractivity contribution in [1.29, 1.82) is 0 Å². The van der Waals surface area contributed by atoms with E-state index in [-0.39, 0.29) is 0 Å². The van der Waals surface area contributed by atoms with Crippen LogP contribution in [0.2, 0.25) is 0 Å². The minimum absolute atomic E-state index is 0.334. The summed E-state index contributed by atoms with van der Waals surface area (Å²) < 4.78 is 0. The van der Waals surface area contributed by atoms with Crippen LogP contribution >= 0.6 is 0 Å². The lowest BCUT2D eigenvalue weighted by Gasteiger charge is -2.39. The molecule has 3 nitrogen and oxygen atoms in total. The summed E-state index contributed by atoms with van der Waals surface area (Å²) in [6, 6.07) is 2.09. The molecule has 0 aliphatic carbocycles. The summed E-state index contributed by atoms with van der Waals surface area (Å²) in [7, 11) is 2.07. The Morgan fingerprint density at radius 3 is 2.71 bits per heavy atom. The second-order valence-corrected chi connectivity index (χ2v) is 5.39. The molecule has 1 fully saturated rings. The van der Waals surface area contributed by atoms with Gasteiger partial charge in [0.2, 0.25) is 0 Å². The normalized spacial score (nSPS) is 20.4. The fourth-order valence-electron chi connectivity index (χ4n) is 2.36. The van der Waals surface area contributed by atoms with Crippen LogP contribution in [0.25, 0.3) is 0 Å². The maximum atomic E-state index is 4.22. The Labute approximate surface area is 104 Å². The van der Waals surface area contributed by atoms with Crippen molar-refractivity contribution >= 4 is 0 Å². The average molecular weight is 233 g/mol. The molecule has 3 heteroatoms. The predicted octanol–water partition coefficient (Wildman–Crippen LogP) is 1.96. The van der Waals surface area contributed by atoms with E-state index in [4.69, 9.17) is 0 Å². The fraction of sp³-hybridized carbons (Fsp3) is 0.643. The first-order valence-corrected chi connectivity index (χ1v) is 6.44. The van der Waals surface area contributed by atoms with Crippen molar-refractivity contribution in [2.24, 2.45) is 0 Å². The molecule has 0 unspecified atom stereocenters. The number of likely N-dealkylation sites (tertiary alicyclic amines) is 1. The van der Waals surface area contributed by atoms with E-state index >= 15 is 0 Å². The number of hydrogen-bond acceptors (Lipinski definition) is 3. The van der Waals surface area contributed by atoms with Crippen LogP contribution in [0.5, 0.6) is 0 Å². The highest BCUT2D eigenvalue weighted by molar-refractivity contribution is 5.21. The Balaban J connectivity index is 1.93. The summed E-state index contributed by atoms with van der Waals surface area (Å²) in [6.07, 6.45) is 6.32. The van der Waals surface area contributed by atoms with E-state index in [0.29, 0.717) is 5.54 Å². The SMILES string of the molecule is CNC1(C)CCN(Cc2cnccc2C)CC1. The standard InChI is InChI=1S/C14H23N3/c1-12-4-7-16-10-13(12)11-17-8-5-14(2,15-3)6-9-17/h4,7,10,15H,5-6,8-9,11H2,1-3H3. The molecule has 1 aromatic rings. The first kappa shape index (κ1) is 12.5. The lowest BCUT2D eigenvalue weighted by molar-refractivity contribution is 0.146. The van der Waals surface area contributed by atoms with Gasteiger partial charge in [-0.1, -0.05) is 0 Å². The van der Waals surface area contributed by atoms with Gasteiger partial charge >= 0.3 is 0 Å². The first-order valence-electron chi connectivity index (χ1n) is 6.44. The average Bonchev–Trinajstić information content (AvgIpc) is 2.35. The van der Waals surface area contributed by atoms with Crippen LogP contribution in [-0.4, -0.2) is 35.6 Å². The Bertz CT molecular complexity index is 367. The number of aromatic nitrogens is 1. The molecule has 0 atom stereocenters. The molecule has 94 valence electrons. The number of pyridine rings is 1. The van der Waals surface area contributed by atoms with E-state index in [2.05, 4.69) is 42.2 Å². The highest BCUT2D eigenvalue weighted by Gasteiger charge is 2.28. The van der Waals surface area contributed by atoms with Crippen molar-refractivity contribution in [2.45, 2.75) is 38.8 Å². The van der Waals surface area contributed by atoms with E-state index in [1.54, 1.807) is 0 Å². The quantitative estimate of drug-likeness (QED) is 0.865. The Hall–Kier alpha value is -0.930. The summed E-state index contributed by atoms with van der Waals surface area (Å²) >= 11 is 0. The number of piperidine rings is 1. The Kier molecular flexibility index (Phi) is 3.79. The second-order valence-electron chi connectivity index (χ2n) is 5.39. The minimum atomic E-state index is 0.334. The summed E-state index contributed by atoms with van der Waals surface area (Å²) in [5.74, 6) is 0. The highest BCUT2D eigenvalue weighted by Crippen LogP contribution is 2.22. The van der Waals surface area contributed by atoms with E-state index < -0.39 is 0 Å². The van der Waals surface area contributed by atoms with E-state index in [1.807, 2.05) is 12.4 Å². The Morgan fingerprint density at radius 1 is 1.41 bits per heavy atom. The monoisotopic (exact) mass is 233 g/mol. The highest BCUT2D eigenvalue weighted by atomic mass is 15.1. The smallest absolute Gasteiger partial charge is 0.0315 e. The van der Waals surface area contributed by atoms with Gasteiger partial charge in [0.05, 0.1) is 0 Å². The largest absolute Gasteiger partial charge is 0.314 e. The third-order valence-electron chi connectivity index (χ3n) is 4.10. The number of nitrogens with zero attached hydrogens (tertiary/aromatic N) is 2. The number of aryl methyl sites for hydroxylation is 1. The number of nitrogens with one attached hydrogen (secondary N) is 1. The molecule has 1 saturated heterocycles. The molecule has 0 bridgehead atoms. The summed E-state index contributed by atoms with van der Waals surface area (Å²) in [6.45, 7) is 7.87. The maximum Gasteiger partial charge on any atom is 0.0315 e. The second kappa shape index (κ2) is 5.15. The third kappa shape index (κ3) is 3.05. The van der Waals surface area contributed by atoms with Crippen molar-refractivity contribution in [1.82, 2.24) is 15.2 Å². The molecule has 1 N–H and O–H groups in total. The van der Waals surface area contributed by atoms with Gasteiger partial charge in [0.15, 0.2) is 0 Å². The Morgan fingerprint density at radius 2 is 2.12 bits per heavy atom. The van der Waals surface area contributed by atoms with Crippen LogP contribution in [-0.2, 0) is 6.54 Å². The lowest BCUT2D eigenvalue weighted by Crippen LogP contribution is -2.49. The maximum absolute atomic E-state index is 4.22. The van der Waals surface area contributed by atoms with Gasteiger partial charge in [0.1, 0.15) is 0 Å². The van der Waals surface area contributed by atoms with Gasteiger partial charge in [0.25, 0.3) is 0 Å². The number of hydrogen-bond donors (Lipinski definition) is 1. The molecule has 0 radical (unpaired) electrons. The summed E-state index contributed by atoms with van der Waals surface area (Å²) in [5.41, 5.74) is 3.04. The van der Waals surface area contributed by atoms with Crippen molar-refractivity contribution in [3.63, 3.8) is 0 Å². The van der Waals surface area contributed by atoms with Crippen molar-refractivity contribution in [3.8, 4) is 0 Å². The molecule has 2 rings (SSSR count). The molecule has 0 amide bonds. The van der Waals surface area contributed by atoms with Gasteiger partial charge in [-0.3, -0.25) is 9.88 Å². The number of rotatable bonds is 3. The molecule has 1 aromatic heterocycles. The van der Waals surface area contributed by atoms with Gasteiger partial charge < -0.3 is 5.32 Å². The van der Waals surface area contributed by atoms with E-state index in [9.17, 15) is 0 Å². The van der Waals surface area contributed by atoms with Crippen molar-refractivity contribution in [3.05, 3.63) is 29.6 Å². The van der Waals surface area contributed by atoms with Crippen molar-refractivity contribution < 1.29 is 0 Å². The van der Waals surface area contributed by atoms with Crippen LogP contribution in [0.4, 0.5) is 0 Å². The molecule has 17 heavy (non-hydrogen) atoms. The lowest BCUT2D eigenvalue weighted by atomic mass is 9.89. The molecule has 2 heterocycles. The molecule has 0 spiro atoms. The molecular formula is C14H23N3. The molecule has 1 aliphatic heterocycles. The van der Waals surface area contributed by atoms with E-state index in [0.717, 1.165) is 6.54 Å². The van der Waals surface area contributed by atoms with Gasteiger partial charge in [0, 0.05) is 37.6 Å². The molecule has 0 saturated carbocycles.